The van der Waals surface area contributed by atoms with Gasteiger partial charge in [-0.1, -0.05) is 96.0 Å². The minimum atomic E-state index is 0.244. The average molecular weight is 358 g/mol. The second kappa shape index (κ2) is 10.7. The maximum Gasteiger partial charge on any atom is 0.222 e. The first kappa shape index (κ1) is 21.0. The highest BCUT2D eigenvalue weighted by molar-refractivity contribution is 5.77. The second-order valence-electron chi connectivity index (χ2n) is 8.96. The molecule has 1 saturated heterocycles. The molecule has 2 heteroatoms. The maximum atomic E-state index is 12.8. The highest BCUT2D eigenvalue weighted by atomic mass is 16.2. The van der Waals surface area contributed by atoms with Crippen molar-refractivity contribution >= 4 is 5.91 Å². The number of likely N-dealkylation sites (tertiary alicyclic amines) is 1. The Morgan fingerprint density at radius 2 is 1.62 bits per heavy atom. The molecule has 1 aliphatic heterocycles. The molecule has 1 aromatic rings. The van der Waals surface area contributed by atoms with Crippen LogP contribution in [-0.4, -0.2) is 23.4 Å². The average Bonchev–Trinajstić information content (AvgIpc) is 2.92. The lowest BCUT2D eigenvalue weighted by Crippen LogP contribution is -2.37. The van der Waals surface area contributed by atoms with E-state index < -0.39 is 0 Å². The zero-order valence-corrected chi connectivity index (χ0v) is 17.3. The number of nitrogens with zero attached hydrogens (tertiary/aromatic N) is 1. The summed E-state index contributed by atoms with van der Waals surface area (Å²) in [6.45, 7) is 7.78. The van der Waals surface area contributed by atoms with Crippen LogP contribution in [0.5, 0.6) is 0 Å². The van der Waals surface area contributed by atoms with E-state index in [1.165, 1.54) is 50.5 Å². The number of amides is 1. The van der Waals surface area contributed by atoms with Crippen molar-refractivity contribution in [3.63, 3.8) is 0 Å². The molecule has 0 spiro atoms. The number of rotatable bonds is 11. The molecule has 1 aromatic carbocycles. The number of carbonyl (C=O) groups is 1. The monoisotopic (exact) mass is 357 g/mol. The van der Waals surface area contributed by atoms with Gasteiger partial charge in [0.2, 0.25) is 5.91 Å². The van der Waals surface area contributed by atoms with Crippen LogP contribution in [-0.2, 0) is 11.2 Å². The summed E-state index contributed by atoms with van der Waals surface area (Å²) in [6, 6.07) is 11.0. The summed E-state index contributed by atoms with van der Waals surface area (Å²) >= 11 is 0. The van der Waals surface area contributed by atoms with E-state index in [2.05, 4.69) is 56.0 Å². The van der Waals surface area contributed by atoms with Gasteiger partial charge in [-0.15, -0.1) is 0 Å². The van der Waals surface area contributed by atoms with Gasteiger partial charge in [-0.2, -0.15) is 0 Å². The zero-order chi connectivity index (χ0) is 18.8. The molecule has 1 amide bonds. The molecule has 0 N–H and O–H groups in total. The molecule has 26 heavy (non-hydrogen) atoms. The highest BCUT2D eigenvalue weighted by Gasteiger charge is 2.39. The molecule has 1 heterocycles. The Bertz CT molecular complexity index is 522. The van der Waals surface area contributed by atoms with Gasteiger partial charge in [0.1, 0.15) is 0 Å². The molecule has 0 bridgehead atoms. The highest BCUT2D eigenvalue weighted by Crippen LogP contribution is 2.36. The van der Waals surface area contributed by atoms with Crippen LogP contribution in [0, 0.1) is 5.41 Å². The van der Waals surface area contributed by atoms with E-state index in [1.54, 1.807) is 0 Å². The molecular weight excluding hydrogens is 318 g/mol. The third-order valence-corrected chi connectivity index (χ3v) is 5.71. The summed E-state index contributed by atoms with van der Waals surface area (Å²) in [4.78, 5) is 15.0. The fraction of sp³-hybridized carbons (Fsp3) is 0.708. The van der Waals surface area contributed by atoms with Gasteiger partial charge in [-0.05, 0) is 30.2 Å². The number of hydrogen-bond donors (Lipinski definition) is 0. The Kier molecular flexibility index (Phi) is 8.68. The van der Waals surface area contributed by atoms with E-state index in [0.717, 1.165) is 32.2 Å². The van der Waals surface area contributed by atoms with Crippen LogP contribution in [0.2, 0.25) is 0 Å². The topological polar surface area (TPSA) is 20.3 Å². The Balaban J connectivity index is 1.74. The van der Waals surface area contributed by atoms with Crippen molar-refractivity contribution in [2.24, 2.45) is 5.41 Å². The van der Waals surface area contributed by atoms with Gasteiger partial charge in [0, 0.05) is 19.0 Å². The Hall–Kier alpha value is -1.31. The van der Waals surface area contributed by atoms with Crippen molar-refractivity contribution in [1.82, 2.24) is 4.90 Å². The van der Waals surface area contributed by atoms with Crippen LogP contribution in [0.3, 0.4) is 0 Å². The summed E-state index contributed by atoms with van der Waals surface area (Å²) in [5.41, 5.74) is 1.59. The molecular formula is C24H39NO. The largest absolute Gasteiger partial charge is 0.339 e. The number of carbonyl (C=O) groups excluding carboxylic acids is 1. The third-order valence-electron chi connectivity index (χ3n) is 5.71. The van der Waals surface area contributed by atoms with Crippen LogP contribution in [0.1, 0.15) is 90.5 Å². The van der Waals surface area contributed by atoms with Crippen LogP contribution in [0.25, 0.3) is 0 Å². The van der Waals surface area contributed by atoms with Gasteiger partial charge in [0.25, 0.3) is 0 Å². The Morgan fingerprint density at radius 1 is 1.00 bits per heavy atom. The molecule has 0 saturated carbocycles. The van der Waals surface area contributed by atoms with Gasteiger partial charge < -0.3 is 4.90 Å². The third kappa shape index (κ3) is 7.13. The molecule has 146 valence electrons. The van der Waals surface area contributed by atoms with Gasteiger partial charge in [-0.25, -0.2) is 0 Å². The van der Waals surface area contributed by atoms with E-state index in [9.17, 15) is 4.79 Å². The van der Waals surface area contributed by atoms with E-state index >= 15 is 0 Å². The molecule has 2 rings (SSSR count). The SMILES string of the molecule is CCCCCCCCCCC(=O)N1CC(C)(C)CC1Cc1ccccc1. The zero-order valence-electron chi connectivity index (χ0n) is 17.3. The first-order valence-corrected chi connectivity index (χ1v) is 10.9. The lowest BCUT2D eigenvalue weighted by Gasteiger charge is -2.25. The number of unbranched alkanes of at least 4 members (excludes halogenated alkanes) is 7. The van der Waals surface area contributed by atoms with Crippen molar-refractivity contribution in [1.29, 1.82) is 0 Å². The van der Waals surface area contributed by atoms with E-state index in [4.69, 9.17) is 0 Å². The molecule has 1 aliphatic rings. The minimum Gasteiger partial charge on any atom is -0.339 e. The van der Waals surface area contributed by atoms with Crippen LogP contribution < -0.4 is 0 Å². The fourth-order valence-electron chi connectivity index (χ4n) is 4.32. The van der Waals surface area contributed by atoms with E-state index in [-0.39, 0.29) is 5.41 Å². The molecule has 0 aliphatic carbocycles. The molecule has 1 atom stereocenters. The summed E-state index contributed by atoms with van der Waals surface area (Å²) in [7, 11) is 0. The van der Waals surface area contributed by atoms with Gasteiger partial charge in [-0.3, -0.25) is 4.79 Å². The van der Waals surface area contributed by atoms with Gasteiger partial charge in [0.05, 0.1) is 0 Å². The van der Waals surface area contributed by atoms with Crippen LogP contribution in [0.4, 0.5) is 0 Å². The maximum absolute atomic E-state index is 12.8. The van der Waals surface area contributed by atoms with E-state index in [0.29, 0.717) is 11.9 Å². The van der Waals surface area contributed by atoms with Gasteiger partial charge in [0.15, 0.2) is 0 Å². The minimum absolute atomic E-state index is 0.244. The normalized spacial score (nSPS) is 19.0. The summed E-state index contributed by atoms with van der Waals surface area (Å²) in [5, 5.41) is 0. The Morgan fingerprint density at radius 3 is 2.27 bits per heavy atom. The van der Waals surface area contributed by atoms with Crippen molar-refractivity contribution in [3.05, 3.63) is 35.9 Å². The summed E-state index contributed by atoms with van der Waals surface area (Å²) in [6.07, 6.45) is 13.1. The lowest BCUT2D eigenvalue weighted by atomic mass is 9.89. The van der Waals surface area contributed by atoms with Crippen molar-refractivity contribution < 1.29 is 4.79 Å². The molecule has 1 fully saturated rings. The van der Waals surface area contributed by atoms with Gasteiger partial charge >= 0.3 is 0 Å². The number of benzene rings is 1. The van der Waals surface area contributed by atoms with Crippen molar-refractivity contribution in [2.45, 2.75) is 97.4 Å². The predicted molar refractivity (Wildman–Crippen MR) is 111 cm³/mol. The Labute approximate surface area is 161 Å². The van der Waals surface area contributed by atoms with E-state index in [1.807, 2.05) is 0 Å². The first-order valence-electron chi connectivity index (χ1n) is 10.9. The van der Waals surface area contributed by atoms with Crippen LogP contribution in [0.15, 0.2) is 30.3 Å². The quantitative estimate of drug-likeness (QED) is 0.420. The number of hydrogen-bond acceptors (Lipinski definition) is 1. The standard InChI is InChI=1S/C24H39NO/c1-4-5-6-7-8-9-10-14-17-23(26)25-20-24(2,3)19-22(25)18-21-15-12-11-13-16-21/h11-13,15-16,22H,4-10,14,17-20H2,1-3H3. The van der Waals surface area contributed by atoms with Crippen LogP contribution >= 0.6 is 0 Å². The summed E-state index contributed by atoms with van der Waals surface area (Å²) < 4.78 is 0. The first-order chi connectivity index (χ1) is 12.5. The molecule has 2 nitrogen and oxygen atoms in total. The van der Waals surface area contributed by atoms with Crippen molar-refractivity contribution in [2.75, 3.05) is 6.54 Å². The molecule has 0 aromatic heterocycles. The smallest absolute Gasteiger partial charge is 0.222 e. The predicted octanol–water partition coefficient (Wildman–Crippen LogP) is 6.39. The molecule has 1 unspecified atom stereocenters. The second-order valence-corrected chi connectivity index (χ2v) is 8.96. The molecule has 0 radical (unpaired) electrons. The summed E-state index contributed by atoms with van der Waals surface area (Å²) in [5.74, 6) is 0.377. The van der Waals surface area contributed by atoms with Crippen molar-refractivity contribution in [3.8, 4) is 0 Å². The fourth-order valence-corrected chi connectivity index (χ4v) is 4.32. The lowest BCUT2D eigenvalue weighted by molar-refractivity contribution is -0.132.